The lowest BCUT2D eigenvalue weighted by Gasteiger charge is -2.40. The molecule has 0 aliphatic carbocycles. The van der Waals surface area contributed by atoms with Crippen LogP contribution in [0.4, 0.5) is 0 Å². The van der Waals surface area contributed by atoms with Crippen molar-refractivity contribution in [3.63, 3.8) is 0 Å². The van der Waals surface area contributed by atoms with E-state index in [0.29, 0.717) is 26.1 Å². The van der Waals surface area contributed by atoms with Crippen molar-refractivity contribution >= 4 is 23.8 Å². The predicted molar refractivity (Wildman–Crippen MR) is 106 cm³/mol. The number of rotatable bonds is 12. The Balaban J connectivity index is 2.50. The van der Waals surface area contributed by atoms with Crippen LogP contribution in [0, 0.1) is 5.92 Å². The lowest BCUT2D eigenvalue weighted by atomic mass is 10.1. The van der Waals surface area contributed by atoms with Crippen LogP contribution < -0.4 is 11.1 Å². The predicted octanol–water partition coefficient (Wildman–Crippen LogP) is -0.582. The molecule has 1 rings (SSSR count). The summed E-state index contributed by atoms with van der Waals surface area (Å²) >= 11 is 0. The fraction of sp³-hybridized carbons (Fsp3) is 0.789. The Bertz CT molecular complexity index is 569. The number of nitrogens with two attached hydrogens (primary N) is 1. The summed E-state index contributed by atoms with van der Waals surface area (Å²) in [6.07, 6.45) is 2.07. The number of ether oxygens (including phenoxy) is 1. The molecule has 1 aliphatic heterocycles. The Morgan fingerprint density at radius 3 is 2.52 bits per heavy atom. The molecule has 10 heteroatoms. The summed E-state index contributed by atoms with van der Waals surface area (Å²) in [4.78, 5) is 50.3. The summed E-state index contributed by atoms with van der Waals surface area (Å²) < 4.78 is 5.26. The molecule has 0 bridgehead atoms. The summed E-state index contributed by atoms with van der Waals surface area (Å²) in [5, 5.41) is 11.8. The third-order valence-electron chi connectivity index (χ3n) is 4.70. The highest BCUT2D eigenvalue weighted by Gasteiger charge is 2.31. The van der Waals surface area contributed by atoms with Crippen molar-refractivity contribution in [1.82, 2.24) is 15.1 Å². The van der Waals surface area contributed by atoms with Crippen LogP contribution in [0.25, 0.3) is 0 Å². The summed E-state index contributed by atoms with van der Waals surface area (Å²) in [5.74, 6) is -1.83. The number of amides is 2. The van der Waals surface area contributed by atoms with Gasteiger partial charge in [0.1, 0.15) is 6.61 Å². The first-order valence-electron chi connectivity index (χ1n) is 10.1. The second-order valence-corrected chi connectivity index (χ2v) is 7.49. The van der Waals surface area contributed by atoms with E-state index in [1.165, 1.54) is 0 Å². The maximum Gasteiger partial charge on any atom is 0.317 e. The Kier molecular flexibility index (Phi) is 11.2. The number of esters is 1. The Hall–Kier alpha value is -2.20. The second-order valence-electron chi connectivity index (χ2n) is 7.49. The molecule has 1 atom stereocenters. The van der Waals surface area contributed by atoms with E-state index in [1.54, 1.807) is 23.6 Å². The molecule has 2 amide bonds. The number of nitrogens with zero attached hydrogens (tertiary/aromatic N) is 2. The van der Waals surface area contributed by atoms with Crippen LogP contribution in [0.15, 0.2) is 0 Å². The smallest absolute Gasteiger partial charge is 0.317 e. The molecule has 1 aliphatic rings. The summed E-state index contributed by atoms with van der Waals surface area (Å²) in [6, 6.07) is -0.377. The van der Waals surface area contributed by atoms with Gasteiger partial charge in [0.25, 0.3) is 0 Å². The lowest BCUT2D eigenvalue weighted by molar-refractivity contribution is -0.151. The molecular formula is C19H34N4O6. The van der Waals surface area contributed by atoms with E-state index in [0.717, 1.165) is 12.8 Å². The molecule has 0 spiro atoms. The average molecular weight is 415 g/mol. The Morgan fingerprint density at radius 1 is 1.17 bits per heavy atom. The van der Waals surface area contributed by atoms with Crippen molar-refractivity contribution in [3.8, 4) is 0 Å². The topological polar surface area (TPSA) is 142 Å². The number of carboxylic acids is 1. The largest absolute Gasteiger partial charge is 0.480 e. The van der Waals surface area contributed by atoms with Crippen molar-refractivity contribution < 1.29 is 29.0 Å². The third-order valence-corrected chi connectivity index (χ3v) is 4.70. The molecule has 0 aromatic carbocycles. The number of piperazine rings is 1. The highest BCUT2D eigenvalue weighted by molar-refractivity contribution is 5.79. The van der Waals surface area contributed by atoms with E-state index in [1.807, 2.05) is 0 Å². The zero-order valence-corrected chi connectivity index (χ0v) is 17.4. The minimum Gasteiger partial charge on any atom is -0.480 e. The monoisotopic (exact) mass is 414 g/mol. The molecule has 29 heavy (non-hydrogen) atoms. The molecular weight excluding hydrogens is 380 g/mol. The first kappa shape index (κ1) is 24.8. The molecule has 10 nitrogen and oxygen atoms in total. The maximum atomic E-state index is 12.5. The fourth-order valence-electron chi connectivity index (χ4n) is 2.99. The summed E-state index contributed by atoms with van der Waals surface area (Å²) in [5.41, 5.74) is 5.39. The molecule has 1 saturated heterocycles. The Labute approximate surface area is 171 Å². The van der Waals surface area contributed by atoms with Gasteiger partial charge in [-0.1, -0.05) is 13.8 Å². The number of carboxylic acid groups (broad SMARTS) is 1. The minimum absolute atomic E-state index is 0.0337. The van der Waals surface area contributed by atoms with Gasteiger partial charge >= 0.3 is 11.9 Å². The van der Waals surface area contributed by atoms with E-state index in [-0.39, 0.29) is 62.4 Å². The minimum atomic E-state index is -0.970. The first-order valence-corrected chi connectivity index (χ1v) is 10.1. The second kappa shape index (κ2) is 13.1. The van der Waals surface area contributed by atoms with Crippen LogP contribution >= 0.6 is 0 Å². The Morgan fingerprint density at radius 2 is 1.90 bits per heavy atom. The molecule has 1 fully saturated rings. The van der Waals surface area contributed by atoms with Gasteiger partial charge in [0.2, 0.25) is 11.8 Å². The van der Waals surface area contributed by atoms with Crippen LogP contribution in [0.3, 0.4) is 0 Å². The number of hydrogen-bond acceptors (Lipinski definition) is 7. The molecule has 4 N–H and O–H groups in total. The molecule has 0 aromatic rings. The fourth-order valence-corrected chi connectivity index (χ4v) is 2.99. The quantitative estimate of drug-likeness (QED) is 0.284. The van der Waals surface area contributed by atoms with Crippen LogP contribution in [0.1, 0.15) is 39.5 Å². The van der Waals surface area contributed by atoms with Crippen LogP contribution in [-0.2, 0) is 23.9 Å². The normalized spacial score (nSPS) is 17.2. The van der Waals surface area contributed by atoms with Crippen molar-refractivity contribution in [3.05, 3.63) is 0 Å². The highest BCUT2D eigenvalue weighted by atomic mass is 16.5. The SMILES string of the molecule is CC(C)C(=O)OCC1CN(C(=O)CCNC(=O)CCCCN)CCN1CC(=O)O. The van der Waals surface area contributed by atoms with Crippen LogP contribution in [0.2, 0.25) is 0 Å². The number of unbranched alkanes of at least 4 members (excludes halogenated alkanes) is 1. The van der Waals surface area contributed by atoms with Gasteiger partial charge in [0.15, 0.2) is 0 Å². The van der Waals surface area contributed by atoms with Gasteiger partial charge in [-0.3, -0.25) is 24.1 Å². The molecule has 0 saturated carbocycles. The van der Waals surface area contributed by atoms with E-state index in [4.69, 9.17) is 15.6 Å². The molecule has 1 unspecified atom stereocenters. The summed E-state index contributed by atoms with van der Waals surface area (Å²) in [6.45, 7) is 5.16. The van der Waals surface area contributed by atoms with Crippen molar-refractivity contribution in [2.75, 3.05) is 45.9 Å². The zero-order valence-electron chi connectivity index (χ0n) is 17.4. The van der Waals surface area contributed by atoms with Gasteiger partial charge in [-0.2, -0.15) is 0 Å². The van der Waals surface area contributed by atoms with E-state index in [9.17, 15) is 19.2 Å². The van der Waals surface area contributed by atoms with Crippen molar-refractivity contribution in [2.24, 2.45) is 11.7 Å². The molecule has 166 valence electrons. The van der Waals surface area contributed by atoms with Gasteiger partial charge in [-0.25, -0.2) is 0 Å². The van der Waals surface area contributed by atoms with E-state index in [2.05, 4.69) is 5.32 Å². The highest BCUT2D eigenvalue weighted by Crippen LogP contribution is 2.12. The number of nitrogens with one attached hydrogen (secondary N) is 1. The van der Waals surface area contributed by atoms with Crippen LogP contribution in [-0.4, -0.2) is 90.6 Å². The first-order chi connectivity index (χ1) is 13.7. The lowest BCUT2D eigenvalue weighted by Crippen LogP contribution is -2.57. The number of carbonyl (C=O) groups is 4. The van der Waals surface area contributed by atoms with E-state index < -0.39 is 5.97 Å². The van der Waals surface area contributed by atoms with Gasteiger partial charge in [0, 0.05) is 39.0 Å². The van der Waals surface area contributed by atoms with Crippen molar-refractivity contribution in [1.29, 1.82) is 0 Å². The van der Waals surface area contributed by atoms with Crippen LogP contribution in [0.5, 0.6) is 0 Å². The average Bonchev–Trinajstić information content (AvgIpc) is 2.66. The number of hydrogen-bond donors (Lipinski definition) is 3. The number of carbonyl (C=O) groups excluding carboxylic acids is 3. The van der Waals surface area contributed by atoms with Gasteiger partial charge in [0.05, 0.1) is 18.5 Å². The van der Waals surface area contributed by atoms with Gasteiger partial charge in [-0.15, -0.1) is 0 Å². The number of aliphatic carboxylic acids is 1. The van der Waals surface area contributed by atoms with Gasteiger partial charge in [-0.05, 0) is 19.4 Å². The van der Waals surface area contributed by atoms with E-state index >= 15 is 0 Å². The standard InChI is InChI=1S/C19H34N4O6/c1-14(2)19(28)29-13-15-11-23(10-9-22(15)12-18(26)27)17(25)6-8-21-16(24)5-3-4-7-20/h14-15H,3-13,20H2,1-2H3,(H,21,24)(H,26,27). The zero-order chi connectivity index (χ0) is 21.8. The van der Waals surface area contributed by atoms with Gasteiger partial charge < -0.3 is 25.8 Å². The van der Waals surface area contributed by atoms with Crippen molar-refractivity contribution in [2.45, 2.75) is 45.6 Å². The third kappa shape index (κ3) is 9.71. The molecule has 0 radical (unpaired) electrons. The summed E-state index contributed by atoms with van der Waals surface area (Å²) in [7, 11) is 0. The molecule has 1 heterocycles. The molecule has 0 aromatic heterocycles. The maximum absolute atomic E-state index is 12.5.